The molecule has 4 fully saturated rings. The number of fused-ring (bicyclic) bond motifs is 4. The second-order valence-corrected chi connectivity index (χ2v) is 11.1. The number of aromatic nitrogens is 6. The maximum atomic E-state index is 16.2. The molecule has 1 saturated heterocycles. The zero-order valence-electron chi connectivity index (χ0n) is 21.3. The highest BCUT2D eigenvalue weighted by atomic mass is 19.1. The molecule has 0 radical (unpaired) electrons. The second kappa shape index (κ2) is 9.08. The van der Waals surface area contributed by atoms with Crippen LogP contribution in [0.25, 0.3) is 33.7 Å². The third-order valence-corrected chi connectivity index (χ3v) is 8.69. The minimum Gasteiger partial charge on any atom is -0.481 e. The van der Waals surface area contributed by atoms with Crippen molar-refractivity contribution in [1.82, 2.24) is 34.6 Å². The summed E-state index contributed by atoms with van der Waals surface area (Å²) in [7, 11) is 2.02. The summed E-state index contributed by atoms with van der Waals surface area (Å²) in [6.07, 6.45) is 9.62. The van der Waals surface area contributed by atoms with Crippen LogP contribution in [0.15, 0.2) is 30.9 Å². The van der Waals surface area contributed by atoms with Gasteiger partial charge >= 0.3 is 5.97 Å². The monoisotopic (exact) mass is 534 g/mol. The third kappa shape index (κ3) is 4.05. The van der Waals surface area contributed by atoms with Crippen molar-refractivity contribution in [2.24, 2.45) is 17.8 Å². The van der Waals surface area contributed by atoms with Gasteiger partial charge in [-0.3, -0.25) is 9.48 Å². The van der Waals surface area contributed by atoms with Gasteiger partial charge in [-0.1, -0.05) is 0 Å². The lowest BCUT2D eigenvalue weighted by molar-refractivity contribution is -0.148. The van der Waals surface area contributed by atoms with Gasteiger partial charge in [0.1, 0.15) is 17.2 Å². The molecule has 202 valence electrons. The van der Waals surface area contributed by atoms with Gasteiger partial charge in [-0.05, 0) is 50.6 Å². The maximum Gasteiger partial charge on any atom is 0.308 e. The number of carboxylic acids is 1. The molecule has 12 heteroatoms. The van der Waals surface area contributed by atoms with E-state index in [4.69, 9.17) is 0 Å². The van der Waals surface area contributed by atoms with E-state index in [0.29, 0.717) is 22.2 Å². The quantitative estimate of drug-likeness (QED) is 0.340. The topological polar surface area (TPSA) is 125 Å². The first kappa shape index (κ1) is 24.1. The van der Waals surface area contributed by atoms with Crippen LogP contribution in [0.1, 0.15) is 31.7 Å². The molecule has 0 spiro atoms. The number of hydrogen-bond acceptors (Lipinski definition) is 7. The molecule has 0 aromatic carbocycles. The van der Waals surface area contributed by atoms with Crippen LogP contribution >= 0.6 is 0 Å². The van der Waals surface area contributed by atoms with Crippen molar-refractivity contribution in [2.75, 3.05) is 25.5 Å². The molecule has 5 heterocycles. The first-order valence-electron chi connectivity index (χ1n) is 13.3. The van der Waals surface area contributed by atoms with E-state index < -0.39 is 29.6 Å². The number of likely N-dealkylation sites (N-methyl/N-ethyl adjacent to an activating group) is 1. The van der Waals surface area contributed by atoms with Gasteiger partial charge < -0.3 is 20.3 Å². The predicted octanol–water partition coefficient (Wildman–Crippen LogP) is 3.95. The number of nitrogens with one attached hydrogen (secondary N) is 2. The summed E-state index contributed by atoms with van der Waals surface area (Å²) in [5, 5.41) is 18.2. The summed E-state index contributed by atoms with van der Waals surface area (Å²) < 4.78 is 32.1. The van der Waals surface area contributed by atoms with E-state index in [-0.39, 0.29) is 35.2 Å². The highest BCUT2D eigenvalue weighted by Gasteiger charge is 2.47. The molecule has 3 aliphatic carbocycles. The summed E-state index contributed by atoms with van der Waals surface area (Å²) >= 11 is 0. The van der Waals surface area contributed by atoms with Crippen LogP contribution < -0.4 is 5.32 Å². The normalized spacial score (nSPS) is 25.2. The Morgan fingerprint density at radius 1 is 1.13 bits per heavy atom. The molecule has 4 aromatic rings. The average Bonchev–Trinajstić information content (AvgIpc) is 3.56. The van der Waals surface area contributed by atoms with Crippen molar-refractivity contribution in [2.45, 2.75) is 37.8 Å². The van der Waals surface area contributed by atoms with Gasteiger partial charge in [0.05, 0.1) is 24.4 Å². The number of H-pyrrole nitrogens is 1. The van der Waals surface area contributed by atoms with E-state index in [1.165, 1.54) is 6.07 Å². The molecule has 0 amide bonds. The number of anilines is 1. The molecule has 8 rings (SSSR count). The van der Waals surface area contributed by atoms with Gasteiger partial charge in [0.15, 0.2) is 17.5 Å². The van der Waals surface area contributed by atoms with Crippen LogP contribution in [0.3, 0.4) is 0 Å². The molecule has 4 aromatic heterocycles. The van der Waals surface area contributed by atoms with Gasteiger partial charge in [0.25, 0.3) is 0 Å². The lowest BCUT2D eigenvalue weighted by Gasteiger charge is -2.47. The van der Waals surface area contributed by atoms with Gasteiger partial charge in [0.2, 0.25) is 0 Å². The standard InChI is InChI=1S/C27H28F2N8O2/c1-36-11-17(12-36)37-10-15(7-32-37)23-21(29)26(33-22-14-4-2-13(3-5-14)20(22)27(38)39)35-25(34-23)19-9-31-24-18(19)6-16(28)8-30-24/h6-10,13-14,17,20,22H,2-5,11-12H2,1H3,(H,30,31)(H,38,39)(H,33,34,35). The Hall–Kier alpha value is -3.93. The molecular weight excluding hydrogens is 506 g/mol. The fraction of sp³-hybridized carbons (Fsp3) is 0.444. The van der Waals surface area contributed by atoms with E-state index in [1.54, 1.807) is 18.6 Å². The highest BCUT2D eigenvalue weighted by molar-refractivity contribution is 5.92. The number of rotatable bonds is 6. The Labute approximate surface area is 222 Å². The molecule has 10 nitrogen and oxygen atoms in total. The van der Waals surface area contributed by atoms with Crippen LogP contribution in [0, 0.1) is 29.4 Å². The van der Waals surface area contributed by atoms with Gasteiger partial charge in [-0.2, -0.15) is 5.10 Å². The number of aromatic amines is 1. The Bertz CT molecular complexity index is 1570. The lowest BCUT2D eigenvalue weighted by Crippen LogP contribution is -2.51. The molecule has 39 heavy (non-hydrogen) atoms. The zero-order valence-corrected chi connectivity index (χ0v) is 21.3. The third-order valence-electron chi connectivity index (χ3n) is 8.69. The first-order valence-corrected chi connectivity index (χ1v) is 13.3. The van der Waals surface area contributed by atoms with E-state index in [9.17, 15) is 14.3 Å². The lowest BCUT2D eigenvalue weighted by atomic mass is 9.61. The van der Waals surface area contributed by atoms with Crippen molar-refractivity contribution >= 4 is 22.8 Å². The molecule has 1 aliphatic heterocycles. The Balaban J connectivity index is 1.34. The van der Waals surface area contributed by atoms with Crippen molar-refractivity contribution < 1.29 is 18.7 Å². The summed E-state index contributed by atoms with van der Waals surface area (Å²) in [6.45, 7) is 1.69. The average molecular weight is 535 g/mol. The van der Waals surface area contributed by atoms with E-state index in [2.05, 4.69) is 35.3 Å². The Kier molecular flexibility index (Phi) is 5.62. The SMILES string of the molecule is CN1CC(n2cc(-c3nc(-c4c[nH]c5ncc(F)cc45)nc(NC4C5CCC(CC5)C4C(=O)O)c3F)cn2)C1. The molecule has 4 aliphatic rings. The highest BCUT2D eigenvalue weighted by Crippen LogP contribution is 2.46. The summed E-state index contributed by atoms with van der Waals surface area (Å²) in [6, 6.07) is 1.08. The van der Waals surface area contributed by atoms with E-state index in [0.717, 1.165) is 45.0 Å². The summed E-state index contributed by atoms with van der Waals surface area (Å²) in [4.78, 5) is 30.6. The van der Waals surface area contributed by atoms with Gasteiger partial charge in [0, 0.05) is 48.0 Å². The Morgan fingerprint density at radius 2 is 1.90 bits per heavy atom. The number of carbonyl (C=O) groups is 1. The number of pyridine rings is 1. The van der Waals surface area contributed by atoms with Crippen molar-refractivity contribution in [3.8, 4) is 22.6 Å². The zero-order chi connectivity index (χ0) is 26.8. The van der Waals surface area contributed by atoms with Crippen LogP contribution in [-0.2, 0) is 4.79 Å². The molecule has 2 unspecified atom stereocenters. The van der Waals surface area contributed by atoms with Crippen molar-refractivity contribution in [3.63, 3.8) is 0 Å². The molecule has 2 bridgehead atoms. The van der Waals surface area contributed by atoms with Crippen molar-refractivity contribution in [1.29, 1.82) is 0 Å². The Morgan fingerprint density at radius 3 is 2.64 bits per heavy atom. The fourth-order valence-electron chi connectivity index (χ4n) is 6.68. The summed E-state index contributed by atoms with van der Waals surface area (Å²) in [5.74, 6) is -2.40. The number of hydrogen-bond donors (Lipinski definition) is 3. The first-order chi connectivity index (χ1) is 18.9. The van der Waals surface area contributed by atoms with E-state index >= 15 is 4.39 Å². The fourth-order valence-corrected chi connectivity index (χ4v) is 6.68. The minimum atomic E-state index is -0.873. The maximum absolute atomic E-state index is 16.2. The van der Waals surface area contributed by atoms with Gasteiger partial charge in [-0.25, -0.2) is 23.7 Å². The second-order valence-electron chi connectivity index (χ2n) is 11.1. The van der Waals surface area contributed by atoms with Crippen LogP contribution in [-0.4, -0.2) is 71.9 Å². The molecule has 3 N–H and O–H groups in total. The number of nitrogens with zero attached hydrogens (tertiary/aromatic N) is 6. The summed E-state index contributed by atoms with van der Waals surface area (Å²) in [5.41, 5.74) is 1.45. The van der Waals surface area contributed by atoms with Gasteiger partial charge in [-0.15, -0.1) is 0 Å². The van der Waals surface area contributed by atoms with Crippen LogP contribution in [0.4, 0.5) is 14.6 Å². The predicted molar refractivity (Wildman–Crippen MR) is 139 cm³/mol. The van der Waals surface area contributed by atoms with Crippen LogP contribution in [0.2, 0.25) is 0 Å². The van der Waals surface area contributed by atoms with Crippen molar-refractivity contribution in [3.05, 3.63) is 42.5 Å². The number of aliphatic carboxylic acids is 1. The molecule has 3 saturated carbocycles. The number of halogens is 2. The largest absolute Gasteiger partial charge is 0.481 e. The number of likely N-dealkylation sites (tertiary alicyclic amines) is 1. The minimum absolute atomic E-state index is 0.0491. The number of carboxylic acid groups (broad SMARTS) is 1. The smallest absolute Gasteiger partial charge is 0.308 e. The van der Waals surface area contributed by atoms with E-state index in [1.807, 2.05) is 11.7 Å². The molecular formula is C27H28F2N8O2. The van der Waals surface area contributed by atoms with Crippen LogP contribution in [0.5, 0.6) is 0 Å². The molecule has 2 atom stereocenters.